The third kappa shape index (κ3) is 4.88. The number of furan rings is 1. The first-order valence-electron chi connectivity index (χ1n) is 9.78. The molecule has 0 unspecified atom stereocenters. The van der Waals surface area contributed by atoms with Crippen LogP contribution >= 0.6 is 0 Å². The number of hydrogen-bond donors (Lipinski definition) is 2. The van der Waals surface area contributed by atoms with Crippen LogP contribution in [0.15, 0.2) is 22.6 Å². The molecule has 2 N–H and O–H groups in total. The Hall–Kier alpha value is -3.03. The van der Waals surface area contributed by atoms with E-state index in [4.69, 9.17) is 13.9 Å². The van der Waals surface area contributed by atoms with E-state index in [0.29, 0.717) is 16.9 Å². The van der Waals surface area contributed by atoms with E-state index in [1.54, 1.807) is 32.2 Å². The lowest BCUT2D eigenvalue weighted by atomic mass is 9.96. The van der Waals surface area contributed by atoms with Crippen LogP contribution in [0.5, 0.6) is 5.75 Å². The summed E-state index contributed by atoms with van der Waals surface area (Å²) in [6.45, 7) is 3.13. The number of hydrogen-bond acceptors (Lipinski definition) is 6. The SMILES string of the molecule is COc1ccc2oc(C(=O)O[C@H](C)C(=O)NC(=O)NC3CCCCC3)c(C)c2c1. The van der Waals surface area contributed by atoms with Gasteiger partial charge in [0.15, 0.2) is 6.10 Å². The molecule has 1 atom stereocenters. The number of imide groups is 1. The number of carbonyl (C=O) groups excluding carboxylic acids is 3. The van der Waals surface area contributed by atoms with E-state index in [0.717, 1.165) is 31.1 Å². The molecule has 3 rings (SSSR count). The second-order valence-corrected chi connectivity index (χ2v) is 7.26. The van der Waals surface area contributed by atoms with Crippen molar-refractivity contribution in [3.63, 3.8) is 0 Å². The van der Waals surface area contributed by atoms with Crippen molar-refractivity contribution in [1.29, 1.82) is 0 Å². The van der Waals surface area contributed by atoms with Crippen LogP contribution in [0.25, 0.3) is 11.0 Å². The lowest BCUT2D eigenvalue weighted by molar-refractivity contribution is -0.128. The predicted octanol–water partition coefficient (Wildman–Crippen LogP) is 3.45. The van der Waals surface area contributed by atoms with Crippen LogP contribution in [0, 0.1) is 6.92 Å². The molecule has 2 aromatic rings. The van der Waals surface area contributed by atoms with Gasteiger partial charge in [-0.05, 0) is 44.9 Å². The van der Waals surface area contributed by atoms with Gasteiger partial charge in [-0.15, -0.1) is 0 Å². The monoisotopic (exact) mass is 402 g/mol. The first-order valence-corrected chi connectivity index (χ1v) is 9.78. The molecule has 1 fully saturated rings. The van der Waals surface area contributed by atoms with Crippen LogP contribution in [-0.2, 0) is 9.53 Å². The molecule has 1 aliphatic carbocycles. The maximum absolute atomic E-state index is 12.5. The van der Waals surface area contributed by atoms with Crippen LogP contribution in [0.4, 0.5) is 4.79 Å². The second-order valence-electron chi connectivity index (χ2n) is 7.26. The zero-order chi connectivity index (χ0) is 21.0. The lowest BCUT2D eigenvalue weighted by Crippen LogP contribution is -2.48. The minimum absolute atomic E-state index is 0.0135. The maximum Gasteiger partial charge on any atom is 0.375 e. The van der Waals surface area contributed by atoms with Crippen LogP contribution in [0.3, 0.4) is 0 Å². The van der Waals surface area contributed by atoms with E-state index in [-0.39, 0.29) is 11.8 Å². The topological polar surface area (TPSA) is 107 Å². The number of benzene rings is 1. The molecule has 0 spiro atoms. The number of aryl methyl sites for hydroxylation is 1. The van der Waals surface area contributed by atoms with Gasteiger partial charge >= 0.3 is 12.0 Å². The highest BCUT2D eigenvalue weighted by atomic mass is 16.6. The molecule has 1 saturated carbocycles. The van der Waals surface area contributed by atoms with Crippen LogP contribution in [0.2, 0.25) is 0 Å². The summed E-state index contributed by atoms with van der Waals surface area (Å²) in [6, 6.07) is 4.68. The molecule has 8 nitrogen and oxygen atoms in total. The summed E-state index contributed by atoms with van der Waals surface area (Å²) in [5, 5.41) is 5.73. The summed E-state index contributed by atoms with van der Waals surface area (Å²) in [7, 11) is 1.55. The summed E-state index contributed by atoms with van der Waals surface area (Å²) in [5.41, 5.74) is 1.10. The molecule has 3 amide bonds. The first-order chi connectivity index (χ1) is 13.9. The zero-order valence-corrected chi connectivity index (χ0v) is 16.9. The fourth-order valence-electron chi connectivity index (χ4n) is 3.47. The minimum atomic E-state index is -1.15. The third-order valence-electron chi connectivity index (χ3n) is 5.16. The van der Waals surface area contributed by atoms with Gasteiger partial charge in [0.2, 0.25) is 5.76 Å². The Kier molecular flexibility index (Phi) is 6.41. The molecule has 0 saturated heterocycles. The van der Waals surface area contributed by atoms with Gasteiger partial charge < -0.3 is 19.2 Å². The second kappa shape index (κ2) is 8.98. The van der Waals surface area contributed by atoms with E-state index in [1.165, 1.54) is 13.3 Å². The first kappa shape index (κ1) is 20.7. The Morgan fingerprint density at radius 3 is 2.59 bits per heavy atom. The van der Waals surface area contributed by atoms with Crippen molar-refractivity contribution in [3.8, 4) is 5.75 Å². The van der Waals surface area contributed by atoms with Gasteiger partial charge in [0.1, 0.15) is 11.3 Å². The van der Waals surface area contributed by atoms with Crippen LogP contribution < -0.4 is 15.4 Å². The standard InChI is InChI=1S/C21H26N2O6/c1-12-16-11-15(27-3)9-10-17(16)29-18(12)20(25)28-13(2)19(24)23-21(26)22-14-7-5-4-6-8-14/h9-11,13-14H,4-8H2,1-3H3,(H2,22,23,24,26)/t13-/m1/s1. The Morgan fingerprint density at radius 1 is 1.17 bits per heavy atom. The van der Waals surface area contributed by atoms with E-state index in [9.17, 15) is 14.4 Å². The highest BCUT2D eigenvalue weighted by Gasteiger charge is 2.26. The molecule has 1 heterocycles. The quantitative estimate of drug-likeness (QED) is 0.742. The van der Waals surface area contributed by atoms with E-state index in [2.05, 4.69) is 10.6 Å². The third-order valence-corrected chi connectivity index (χ3v) is 5.16. The molecule has 29 heavy (non-hydrogen) atoms. The van der Waals surface area contributed by atoms with Crippen molar-refractivity contribution < 1.29 is 28.3 Å². The minimum Gasteiger partial charge on any atom is -0.497 e. The molecule has 1 aromatic carbocycles. The molecular weight excluding hydrogens is 376 g/mol. The van der Waals surface area contributed by atoms with Gasteiger partial charge in [-0.25, -0.2) is 9.59 Å². The number of methoxy groups -OCH3 is 1. The highest BCUT2D eigenvalue weighted by Crippen LogP contribution is 2.29. The fourth-order valence-corrected chi connectivity index (χ4v) is 3.47. The molecule has 1 aromatic heterocycles. The number of esters is 1. The van der Waals surface area contributed by atoms with Crippen LogP contribution in [-0.4, -0.2) is 37.2 Å². The normalized spacial score (nSPS) is 15.6. The van der Waals surface area contributed by atoms with Gasteiger partial charge in [0.05, 0.1) is 7.11 Å². The van der Waals surface area contributed by atoms with Crippen molar-refractivity contribution in [2.45, 2.75) is 58.1 Å². The van der Waals surface area contributed by atoms with E-state index >= 15 is 0 Å². The molecular formula is C21H26N2O6. The number of fused-ring (bicyclic) bond motifs is 1. The van der Waals surface area contributed by atoms with Crippen molar-refractivity contribution in [3.05, 3.63) is 29.5 Å². The number of carbonyl (C=O) groups is 3. The summed E-state index contributed by atoms with van der Waals surface area (Å²) < 4.78 is 16.0. The zero-order valence-electron chi connectivity index (χ0n) is 16.9. The Bertz CT molecular complexity index is 913. The number of ether oxygens (including phenoxy) is 2. The van der Waals surface area contributed by atoms with Crippen molar-refractivity contribution in [2.75, 3.05) is 7.11 Å². The molecule has 0 bridgehead atoms. The Balaban J connectivity index is 1.59. The van der Waals surface area contributed by atoms with E-state index in [1.807, 2.05) is 0 Å². The number of amides is 3. The summed E-state index contributed by atoms with van der Waals surface area (Å²) in [5.74, 6) is -0.812. The molecule has 1 aliphatic rings. The smallest absolute Gasteiger partial charge is 0.375 e. The van der Waals surface area contributed by atoms with Crippen LogP contribution in [0.1, 0.15) is 55.1 Å². The molecule has 156 valence electrons. The number of nitrogens with one attached hydrogen (secondary N) is 2. The largest absolute Gasteiger partial charge is 0.497 e. The number of rotatable bonds is 5. The Labute approximate surface area is 168 Å². The summed E-state index contributed by atoms with van der Waals surface area (Å²) >= 11 is 0. The maximum atomic E-state index is 12.5. The van der Waals surface area contributed by atoms with Crippen molar-refractivity contribution in [1.82, 2.24) is 10.6 Å². The Morgan fingerprint density at radius 2 is 1.90 bits per heavy atom. The summed E-state index contributed by atoms with van der Waals surface area (Å²) in [4.78, 5) is 36.7. The van der Waals surface area contributed by atoms with E-state index < -0.39 is 24.0 Å². The van der Waals surface area contributed by atoms with Gasteiger partial charge in [0, 0.05) is 17.0 Å². The van der Waals surface area contributed by atoms with Gasteiger partial charge in [-0.2, -0.15) is 0 Å². The predicted molar refractivity (Wildman–Crippen MR) is 106 cm³/mol. The molecule has 0 radical (unpaired) electrons. The average Bonchev–Trinajstić information content (AvgIpc) is 3.04. The summed E-state index contributed by atoms with van der Waals surface area (Å²) in [6.07, 6.45) is 3.96. The average molecular weight is 402 g/mol. The van der Waals surface area contributed by atoms with Crippen molar-refractivity contribution in [2.24, 2.45) is 0 Å². The number of urea groups is 1. The lowest BCUT2D eigenvalue weighted by Gasteiger charge is -2.23. The van der Waals surface area contributed by atoms with Gasteiger partial charge in [-0.3, -0.25) is 10.1 Å². The highest BCUT2D eigenvalue weighted by molar-refractivity contribution is 6.00. The van der Waals surface area contributed by atoms with Gasteiger partial charge in [-0.1, -0.05) is 19.3 Å². The molecule has 0 aliphatic heterocycles. The molecule has 8 heteroatoms. The van der Waals surface area contributed by atoms with Crippen molar-refractivity contribution >= 4 is 28.9 Å². The van der Waals surface area contributed by atoms with Gasteiger partial charge in [0.25, 0.3) is 5.91 Å². The fraction of sp³-hybridized carbons (Fsp3) is 0.476.